The van der Waals surface area contributed by atoms with Crippen LogP contribution < -0.4 is 5.32 Å². The highest BCUT2D eigenvalue weighted by Gasteiger charge is 2.27. The van der Waals surface area contributed by atoms with Crippen LogP contribution in [0, 0.1) is 13.8 Å². The van der Waals surface area contributed by atoms with E-state index in [2.05, 4.69) is 5.32 Å². The summed E-state index contributed by atoms with van der Waals surface area (Å²) in [6.07, 6.45) is 0. The number of nitrogens with one attached hydrogen (secondary N) is 1. The summed E-state index contributed by atoms with van der Waals surface area (Å²) in [5, 5.41) is 3.34. The van der Waals surface area contributed by atoms with Gasteiger partial charge in [0.2, 0.25) is 15.9 Å². The van der Waals surface area contributed by atoms with Crippen LogP contribution in [0.15, 0.2) is 41.3 Å². The fourth-order valence-corrected chi connectivity index (χ4v) is 4.60. The highest BCUT2D eigenvalue weighted by atomic mass is 35.5. The Morgan fingerprint density at radius 3 is 2.42 bits per heavy atom. The molecule has 0 bridgehead atoms. The van der Waals surface area contributed by atoms with Crippen LogP contribution in [0.2, 0.25) is 10.0 Å². The molecular formula is C18H20Cl2N2O3S. The van der Waals surface area contributed by atoms with Crippen molar-refractivity contribution in [3.05, 3.63) is 57.6 Å². The Labute approximate surface area is 164 Å². The Morgan fingerprint density at radius 2 is 1.81 bits per heavy atom. The van der Waals surface area contributed by atoms with Crippen LogP contribution in [0.25, 0.3) is 0 Å². The Hall–Kier alpha value is -1.60. The summed E-state index contributed by atoms with van der Waals surface area (Å²) in [7, 11) is -3.79. The van der Waals surface area contributed by atoms with Crippen LogP contribution in [0.1, 0.15) is 18.1 Å². The van der Waals surface area contributed by atoms with Gasteiger partial charge in [0.15, 0.2) is 0 Å². The molecule has 2 rings (SSSR count). The number of nitrogens with zero attached hydrogens (tertiary/aromatic N) is 1. The number of sulfonamides is 1. The van der Waals surface area contributed by atoms with E-state index >= 15 is 0 Å². The minimum Gasteiger partial charge on any atom is -0.324 e. The third-order valence-electron chi connectivity index (χ3n) is 3.84. The highest BCUT2D eigenvalue weighted by Crippen LogP contribution is 2.26. The summed E-state index contributed by atoms with van der Waals surface area (Å²) < 4.78 is 27.0. The standard InChI is InChI=1S/C18H20Cl2N2O3S/c1-4-22(26(24,25)17-9-12(2)5-6-13(17)3)11-18(23)21-16-8-7-14(19)10-15(16)20/h5-10H,4,11H2,1-3H3,(H,21,23). The number of aryl methyl sites for hydroxylation is 2. The van der Waals surface area contributed by atoms with Gasteiger partial charge in [0.25, 0.3) is 0 Å². The number of benzene rings is 2. The number of carbonyl (C=O) groups is 1. The van der Waals surface area contributed by atoms with Crippen molar-refractivity contribution in [2.75, 3.05) is 18.4 Å². The van der Waals surface area contributed by atoms with Gasteiger partial charge in [0, 0.05) is 11.6 Å². The fourth-order valence-electron chi connectivity index (χ4n) is 2.43. The summed E-state index contributed by atoms with van der Waals surface area (Å²) >= 11 is 11.9. The number of halogens is 2. The predicted octanol–water partition coefficient (Wildman–Crippen LogP) is 4.26. The maximum atomic E-state index is 12.9. The van der Waals surface area contributed by atoms with Crippen LogP contribution in [0.5, 0.6) is 0 Å². The van der Waals surface area contributed by atoms with Crippen LogP contribution >= 0.6 is 23.2 Å². The second kappa shape index (κ2) is 8.39. The number of anilines is 1. The van der Waals surface area contributed by atoms with Crippen LogP contribution in [-0.4, -0.2) is 31.7 Å². The Balaban J connectivity index is 2.22. The Morgan fingerprint density at radius 1 is 1.12 bits per heavy atom. The van der Waals surface area contributed by atoms with Crippen molar-refractivity contribution in [3.63, 3.8) is 0 Å². The van der Waals surface area contributed by atoms with Gasteiger partial charge in [-0.25, -0.2) is 8.42 Å². The summed E-state index contributed by atoms with van der Waals surface area (Å²) in [6.45, 7) is 5.09. The average molecular weight is 415 g/mol. The molecule has 0 heterocycles. The van der Waals surface area contributed by atoms with E-state index in [1.807, 2.05) is 13.0 Å². The zero-order valence-corrected chi connectivity index (χ0v) is 17.0. The van der Waals surface area contributed by atoms with Gasteiger partial charge >= 0.3 is 0 Å². The lowest BCUT2D eigenvalue weighted by molar-refractivity contribution is -0.116. The number of amides is 1. The zero-order chi connectivity index (χ0) is 19.5. The molecule has 5 nitrogen and oxygen atoms in total. The molecule has 0 saturated heterocycles. The van der Waals surface area contributed by atoms with Crippen LogP contribution in [-0.2, 0) is 14.8 Å². The van der Waals surface area contributed by atoms with Crippen LogP contribution in [0.3, 0.4) is 0 Å². The van der Waals surface area contributed by atoms with Gasteiger partial charge in [-0.2, -0.15) is 4.31 Å². The summed E-state index contributed by atoms with van der Waals surface area (Å²) in [6, 6.07) is 9.87. The molecule has 1 amide bonds. The van der Waals surface area contributed by atoms with E-state index < -0.39 is 15.9 Å². The normalized spacial score (nSPS) is 11.6. The smallest absolute Gasteiger partial charge is 0.243 e. The highest BCUT2D eigenvalue weighted by molar-refractivity contribution is 7.89. The quantitative estimate of drug-likeness (QED) is 0.767. The molecule has 0 atom stereocenters. The monoisotopic (exact) mass is 414 g/mol. The van der Waals surface area contributed by atoms with Gasteiger partial charge < -0.3 is 5.32 Å². The number of hydrogen-bond donors (Lipinski definition) is 1. The van der Waals surface area contributed by atoms with Gasteiger partial charge in [0.05, 0.1) is 22.2 Å². The molecule has 0 radical (unpaired) electrons. The molecule has 0 fully saturated rings. The third-order valence-corrected chi connectivity index (χ3v) is 6.45. The number of rotatable bonds is 6. The first-order valence-electron chi connectivity index (χ1n) is 7.97. The fraction of sp³-hybridized carbons (Fsp3) is 0.278. The zero-order valence-electron chi connectivity index (χ0n) is 14.7. The topological polar surface area (TPSA) is 66.5 Å². The van der Waals surface area contributed by atoms with E-state index in [1.54, 1.807) is 38.1 Å². The summed E-state index contributed by atoms with van der Waals surface area (Å²) in [4.78, 5) is 12.5. The van der Waals surface area contributed by atoms with Gasteiger partial charge in [0.1, 0.15) is 0 Å². The molecule has 1 N–H and O–H groups in total. The van der Waals surface area contributed by atoms with Gasteiger partial charge in [-0.05, 0) is 49.2 Å². The minimum absolute atomic E-state index is 0.164. The molecule has 0 unspecified atom stereocenters. The molecule has 0 spiro atoms. The first-order valence-corrected chi connectivity index (χ1v) is 10.2. The first kappa shape index (κ1) is 20.7. The summed E-state index contributed by atoms with van der Waals surface area (Å²) in [5.74, 6) is -0.482. The van der Waals surface area contributed by atoms with Crippen molar-refractivity contribution in [1.82, 2.24) is 4.31 Å². The maximum absolute atomic E-state index is 12.9. The molecule has 0 saturated carbocycles. The van der Waals surface area contributed by atoms with E-state index in [4.69, 9.17) is 23.2 Å². The second-order valence-electron chi connectivity index (χ2n) is 5.87. The number of carbonyl (C=O) groups excluding carboxylic acids is 1. The minimum atomic E-state index is -3.79. The molecule has 8 heteroatoms. The molecule has 0 aliphatic carbocycles. The Bertz CT molecular complexity index is 930. The van der Waals surface area contributed by atoms with Crippen molar-refractivity contribution >= 4 is 44.8 Å². The number of likely N-dealkylation sites (N-methyl/N-ethyl adjacent to an activating group) is 1. The van der Waals surface area contributed by atoms with E-state index in [-0.39, 0.29) is 23.0 Å². The molecule has 140 valence electrons. The Kier molecular flexibility index (Phi) is 6.69. The van der Waals surface area contributed by atoms with Gasteiger partial charge in [-0.15, -0.1) is 0 Å². The van der Waals surface area contributed by atoms with E-state index in [0.717, 1.165) is 9.87 Å². The SMILES string of the molecule is CCN(CC(=O)Nc1ccc(Cl)cc1Cl)S(=O)(=O)c1cc(C)ccc1C. The lowest BCUT2D eigenvalue weighted by Gasteiger charge is -2.21. The molecule has 0 aromatic heterocycles. The molecule has 26 heavy (non-hydrogen) atoms. The van der Waals surface area contributed by atoms with Crippen molar-refractivity contribution in [2.45, 2.75) is 25.7 Å². The lowest BCUT2D eigenvalue weighted by atomic mass is 10.2. The molecule has 2 aromatic rings. The maximum Gasteiger partial charge on any atom is 0.243 e. The summed E-state index contributed by atoms with van der Waals surface area (Å²) in [5.41, 5.74) is 1.85. The van der Waals surface area contributed by atoms with Gasteiger partial charge in [-0.3, -0.25) is 4.79 Å². The van der Waals surface area contributed by atoms with E-state index in [1.165, 1.54) is 6.07 Å². The molecule has 0 aliphatic heterocycles. The molecular weight excluding hydrogens is 395 g/mol. The molecule has 2 aromatic carbocycles. The van der Waals surface area contributed by atoms with Gasteiger partial charge in [-0.1, -0.05) is 42.3 Å². The van der Waals surface area contributed by atoms with Crippen molar-refractivity contribution < 1.29 is 13.2 Å². The predicted molar refractivity (Wildman–Crippen MR) is 105 cm³/mol. The van der Waals surface area contributed by atoms with E-state index in [9.17, 15) is 13.2 Å². The number of hydrogen-bond acceptors (Lipinski definition) is 3. The van der Waals surface area contributed by atoms with Crippen molar-refractivity contribution in [1.29, 1.82) is 0 Å². The largest absolute Gasteiger partial charge is 0.324 e. The first-order chi connectivity index (χ1) is 12.1. The molecule has 0 aliphatic rings. The average Bonchev–Trinajstić information content (AvgIpc) is 2.57. The van der Waals surface area contributed by atoms with E-state index in [0.29, 0.717) is 16.3 Å². The second-order valence-corrected chi connectivity index (χ2v) is 8.62. The third kappa shape index (κ3) is 4.76. The lowest BCUT2D eigenvalue weighted by Crippen LogP contribution is -2.38. The van der Waals surface area contributed by atoms with Crippen LogP contribution in [0.4, 0.5) is 5.69 Å². The van der Waals surface area contributed by atoms with Crippen molar-refractivity contribution in [3.8, 4) is 0 Å². The van der Waals surface area contributed by atoms with Crippen molar-refractivity contribution in [2.24, 2.45) is 0 Å².